The molecule has 3 aromatic heterocycles. The maximum Gasteiger partial charge on any atom is 0.274 e. The van der Waals surface area contributed by atoms with Crippen molar-refractivity contribution in [3.05, 3.63) is 47.3 Å². The Bertz CT molecular complexity index is 923. The molecular formula is C16H18N8O. The molecule has 1 amide bonds. The van der Waals surface area contributed by atoms with Gasteiger partial charge in [0.05, 0.1) is 11.9 Å². The number of amides is 1. The molecule has 128 valence electrons. The smallest absolute Gasteiger partial charge is 0.274 e. The topological polar surface area (TPSA) is 105 Å². The minimum Gasteiger partial charge on any atom is -0.335 e. The van der Waals surface area contributed by atoms with E-state index < -0.39 is 0 Å². The lowest BCUT2D eigenvalue weighted by Crippen LogP contribution is -2.60. The van der Waals surface area contributed by atoms with E-state index in [1.54, 1.807) is 28.0 Å². The predicted octanol–water partition coefficient (Wildman–Crippen LogP) is 0.811. The van der Waals surface area contributed by atoms with E-state index in [1.165, 1.54) is 0 Å². The van der Waals surface area contributed by atoms with Crippen LogP contribution in [-0.4, -0.2) is 59.1 Å². The molecular weight excluding hydrogens is 320 g/mol. The Morgan fingerprint density at radius 3 is 2.60 bits per heavy atom. The quantitative estimate of drug-likeness (QED) is 0.757. The number of carbonyl (C=O) groups is 1. The lowest BCUT2D eigenvalue weighted by atomic mass is 9.79. The summed E-state index contributed by atoms with van der Waals surface area (Å²) in [5.41, 5.74) is 2.88. The Kier molecular flexibility index (Phi) is 3.38. The molecule has 0 bridgehead atoms. The molecule has 0 spiro atoms. The van der Waals surface area contributed by atoms with Gasteiger partial charge in [-0.05, 0) is 19.9 Å². The number of rotatable bonds is 3. The second-order valence-electron chi connectivity index (χ2n) is 6.64. The van der Waals surface area contributed by atoms with Gasteiger partial charge in [-0.2, -0.15) is 9.78 Å². The van der Waals surface area contributed by atoms with Crippen LogP contribution in [-0.2, 0) is 5.41 Å². The number of aryl methyl sites for hydroxylation is 1. The van der Waals surface area contributed by atoms with Crippen LogP contribution in [0.4, 0.5) is 0 Å². The monoisotopic (exact) mass is 338 g/mol. The zero-order chi connectivity index (χ0) is 17.6. The van der Waals surface area contributed by atoms with E-state index in [0.717, 1.165) is 17.0 Å². The van der Waals surface area contributed by atoms with Crippen LogP contribution in [0.3, 0.4) is 0 Å². The number of nitrogens with zero attached hydrogens (tertiary/aromatic N) is 7. The average Bonchev–Trinajstić information content (AvgIpc) is 3.21. The summed E-state index contributed by atoms with van der Waals surface area (Å²) in [5, 5.41) is 15.3. The predicted molar refractivity (Wildman–Crippen MR) is 88.3 cm³/mol. The van der Waals surface area contributed by atoms with Gasteiger partial charge in [-0.25, -0.2) is 9.97 Å². The van der Waals surface area contributed by atoms with Crippen molar-refractivity contribution >= 4 is 5.91 Å². The number of hydrogen-bond donors (Lipinski definition) is 1. The number of likely N-dealkylation sites (tertiary alicyclic amines) is 1. The van der Waals surface area contributed by atoms with Crippen molar-refractivity contribution in [2.24, 2.45) is 0 Å². The summed E-state index contributed by atoms with van der Waals surface area (Å²) in [6.07, 6.45) is 5.13. The molecule has 3 aromatic rings. The lowest BCUT2D eigenvalue weighted by molar-refractivity contribution is 0.0417. The first kappa shape index (κ1) is 15.4. The van der Waals surface area contributed by atoms with E-state index in [2.05, 4.69) is 37.4 Å². The molecule has 25 heavy (non-hydrogen) atoms. The van der Waals surface area contributed by atoms with Crippen LogP contribution in [0.5, 0.6) is 0 Å². The van der Waals surface area contributed by atoms with Gasteiger partial charge in [-0.1, -0.05) is 12.1 Å². The second-order valence-corrected chi connectivity index (χ2v) is 6.64. The van der Waals surface area contributed by atoms with Gasteiger partial charge < -0.3 is 4.90 Å². The lowest BCUT2D eigenvalue weighted by Gasteiger charge is -2.46. The zero-order valence-corrected chi connectivity index (χ0v) is 14.3. The molecule has 0 aliphatic carbocycles. The minimum absolute atomic E-state index is 0.0573. The number of carbonyl (C=O) groups excluding carboxylic acids is 1. The molecule has 4 heterocycles. The van der Waals surface area contributed by atoms with Crippen LogP contribution >= 0.6 is 0 Å². The van der Waals surface area contributed by atoms with Crippen molar-refractivity contribution in [3.8, 4) is 5.95 Å². The molecule has 9 nitrogen and oxygen atoms in total. The average molecular weight is 338 g/mol. The number of aromatic nitrogens is 7. The van der Waals surface area contributed by atoms with Gasteiger partial charge in [0.25, 0.3) is 11.9 Å². The number of aromatic amines is 1. The molecule has 1 N–H and O–H groups in total. The van der Waals surface area contributed by atoms with Crippen LogP contribution in [0.25, 0.3) is 5.95 Å². The van der Waals surface area contributed by atoms with Crippen LogP contribution < -0.4 is 0 Å². The molecule has 0 aromatic carbocycles. The van der Waals surface area contributed by atoms with E-state index in [-0.39, 0.29) is 11.3 Å². The van der Waals surface area contributed by atoms with Crippen molar-refractivity contribution < 1.29 is 4.79 Å². The first-order chi connectivity index (χ1) is 12.0. The Balaban J connectivity index is 1.50. The van der Waals surface area contributed by atoms with Crippen molar-refractivity contribution in [1.82, 2.24) is 40.1 Å². The van der Waals surface area contributed by atoms with E-state index >= 15 is 0 Å². The van der Waals surface area contributed by atoms with Crippen LogP contribution in [0.2, 0.25) is 0 Å². The second kappa shape index (κ2) is 5.47. The standard InChI is InChI=1S/C16H18N8O/c1-10-11(2)19-21-13(10)14(25)23-8-16(3,9-23)12-7-24(22-20-12)15-17-5-4-6-18-15/h4-7H,8-9H2,1-3H3,(H,19,21). The molecule has 0 unspecified atom stereocenters. The first-order valence-electron chi connectivity index (χ1n) is 7.99. The van der Waals surface area contributed by atoms with Crippen molar-refractivity contribution in [2.75, 3.05) is 13.1 Å². The number of nitrogens with one attached hydrogen (secondary N) is 1. The Hall–Kier alpha value is -3.10. The third kappa shape index (κ3) is 2.48. The summed E-state index contributed by atoms with van der Waals surface area (Å²) in [7, 11) is 0. The highest BCUT2D eigenvalue weighted by atomic mass is 16.2. The molecule has 4 rings (SSSR count). The molecule has 1 saturated heterocycles. The third-order valence-corrected chi connectivity index (χ3v) is 4.69. The fraction of sp³-hybridized carbons (Fsp3) is 0.375. The zero-order valence-electron chi connectivity index (χ0n) is 14.3. The molecule has 1 aliphatic heterocycles. The van der Waals surface area contributed by atoms with Crippen molar-refractivity contribution in [3.63, 3.8) is 0 Å². The normalized spacial score (nSPS) is 15.9. The molecule has 9 heteroatoms. The molecule has 0 saturated carbocycles. The minimum atomic E-state index is -0.234. The number of H-pyrrole nitrogens is 1. The van der Waals surface area contributed by atoms with Crippen LogP contribution in [0, 0.1) is 13.8 Å². The molecule has 0 radical (unpaired) electrons. The summed E-state index contributed by atoms with van der Waals surface area (Å²) >= 11 is 0. The maximum absolute atomic E-state index is 12.6. The highest BCUT2D eigenvalue weighted by Gasteiger charge is 2.45. The maximum atomic E-state index is 12.6. The van der Waals surface area contributed by atoms with Gasteiger partial charge in [0.1, 0.15) is 0 Å². The summed E-state index contributed by atoms with van der Waals surface area (Å²) in [6, 6.07) is 1.75. The van der Waals surface area contributed by atoms with Crippen LogP contribution in [0.1, 0.15) is 34.4 Å². The Morgan fingerprint density at radius 1 is 1.24 bits per heavy atom. The molecule has 1 fully saturated rings. The van der Waals surface area contributed by atoms with Gasteiger partial charge in [0.15, 0.2) is 5.69 Å². The summed E-state index contributed by atoms with van der Waals surface area (Å²) in [5.74, 6) is 0.415. The van der Waals surface area contributed by atoms with Crippen molar-refractivity contribution in [1.29, 1.82) is 0 Å². The first-order valence-corrected chi connectivity index (χ1v) is 7.99. The Morgan fingerprint density at radius 2 is 1.96 bits per heavy atom. The van der Waals surface area contributed by atoms with E-state index in [1.807, 2.05) is 20.0 Å². The highest BCUT2D eigenvalue weighted by Crippen LogP contribution is 2.34. The SMILES string of the molecule is Cc1[nH]nc(C(=O)N2CC(C)(c3cn(-c4ncccn4)nn3)C2)c1C. The van der Waals surface area contributed by atoms with Crippen molar-refractivity contribution in [2.45, 2.75) is 26.2 Å². The molecule has 0 atom stereocenters. The summed E-state index contributed by atoms with van der Waals surface area (Å²) in [4.78, 5) is 22.7. The Labute approximate surface area is 144 Å². The van der Waals surface area contributed by atoms with E-state index in [9.17, 15) is 4.79 Å². The highest BCUT2D eigenvalue weighted by molar-refractivity contribution is 5.94. The molecule has 1 aliphatic rings. The van der Waals surface area contributed by atoms with E-state index in [0.29, 0.717) is 24.7 Å². The third-order valence-electron chi connectivity index (χ3n) is 4.69. The largest absolute Gasteiger partial charge is 0.335 e. The summed E-state index contributed by atoms with van der Waals surface area (Å²) < 4.78 is 1.55. The van der Waals surface area contributed by atoms with E-state index in [4.69, 9.17) is 0 Å². The van der Waals surface area contributed by atoms with Gasteiger partial charge in [0, 0.05) is 42.2 Å². The fourth-order valence-electron chi connectivity index (χ4n) is 2.99. The number of hydrogen-bond acceptors (Lipinski definition) is 6. The van der Waals surface area contributed by atoms with Gasteiger partial charge in [-0.3, -0.25) is 9.89 Å². The fourth-order valence-corrected chi connectivity index (χ4v) is 2.99. The van der Waals surface area contributed by atoms with Gasteiger partial charge in [-0.15, -0.1) is 5.10 Å². The van der Waals surface area contributed by atoms with Gasteiger partial charge in [0.2, 0.25) is 0 Å². The van der Waals surface area contributed by atoms with Gasteiger partial charge >= 0.3 is 0 Å². The summed E-state index contributed by atoms with van der Waals surface area (Å²) in [6.45, 7) is 7.02. The van der Waals surface area contributed by atoms with Crippen LogP contribution in [0.15, 0.2) is 24.7 Å².